The molecule has 0 aromatic carbocycles. The van der Waals surface area contributed by atoms with Gasteiger partial charge in [0.1, 0.15) is 0 Å². The first-order valence-corrected chi connectivity index (χ1v) is 8.13. The van der Waals surface area contributed by atoms with Crippen LogP contribution in [0.25, 0.3) is 0 Å². The van der Waals surface area contributed by atoms with Gasteiger partial charge in [-0.3, -0.25) is 0 Å². The summed E-state index contributed by atoms with van der Waals surface area (Å²) in [4.78, 5) is 0. The molecule has 2 rings (SSSR count). The van der Waals surface area contributed by atoms with Crippen LogP contribution in [0.1, 0.15) is 25.7 Å². The van der Waals surface area contributed by atoms with Crippen LogP contribution in [0, 0.1) is 5.92 Å². The molecule has 1 heterocycles. The fraction of sp³-hybridized carbons (Fsp3) is 0.692. The highest BCUT2D eigenvalue weighted by Gasteiger charge is 2.40. The number of thiophene rings is 1. The van der Waals surface area contributed by atoms with Crippen LogP contribution in [0.3, 0.4) is 0 Å². The molecule has 2 unspecified atom stereocenters. The second kappa shape index (κ2) is 6.23. The van der Waals surface area contributed by atoms with Crippen molar-refractivity contribution in [3.8, 4) is 0 Å². The van der Waals surface area contributed by atoms with Crippen LogP contribution in [0.2, 0.25) is 0 Å². The lowest BCUT2D eigenvalue weighted by atomic mass is 9.86. The first-order chi connectivity index (χ1) is 8.30. The van der Waals surface area contributed by atoms with E-state index in [0.29, 0.717) is 5.92 Å². The van der Waals surface area contributed by atoms with Crippen LogP contribution in [0.4, 0.5) is 0 Å². The van der Waals surface area contributed by atoms with E-state index >= 15 is 0 Å². The number of aliphatic hydroxyl groups is 1. The lowest BCUT2D eigenvalue weighted by molar-refractivity contribution is 0.130. The molecule has 4 heteroatoms. The lowest BCUT2D eigenvalue weighted by Gasteiger charge is -2.33. The molecule has 0 spiro atoms. The lowest BCUT2D eigenvalue weighted by Crippen LogP contribution is -2.49. The maximum absolute atomic E-state index is 9.60. The minimum absolute atomic E-state index is 0.00396. The van der Waals surface area contributed by atoms with Gasteiger partial charge in [0.2, 0.25) is 0 Å². The van der Waals surface area contributed by atoms with E-state index in [1.54, 1.807) is 0 Å². The van der Waals surface area contributed by atoms with Gasteiger partial charge in [0.25, 0.3) is 0 Å². The Morgan fingerprint density at radius 2 is 2.53 bits per heavy atom. The largest absolute Gasteiger partial charge is 0.394 e. The Labute approximate surface area is 112 Å². The zero-order valence-electron chi connectivity index (χ0n) is 10.3. The van der Waals surface area contributed by atoms with Crippen molar-refractivity contribution in [2.75, 3.05) is 19.4 Å². The number of likely N-dealkylation sites (N-methyl/N-ethyl adjacent to an activating group) is 1. The topological polar surface area (TPSA) is 32.3 Å². The van der Waals surface area contributed by atoms with Gasteiger partial charge in [-0.2, -0.15) is 0 Å². The number of nitrogens with one attached hydrogen (secondary N) is 1. The van der Waals surface area contributed by atoms with E-state index in [0.717, 1.165) is 12.2 Å². The van der Waals surface area contributed by atoms with E-state index in [1.807, 2.05) is 30.1 Å². The van der Waals surface area contributed by atoms with Crippen molar-refractivity contribution in [2.24, 2.45) is 5.92 Å². The molecule has 2 nitrogen and oxygen atoms in total. The van der Waals surface area contributed by atoms with Gasteiger partial charge < -0.3 is 10.4 Å². The van der Waals surface area contributed by atoms with Crippen molar-refractivity contribution >= 4 is 23.1 Å². The number of aliphatic hydroxyl groups excluding tert-OH is 1. The normalized spacial score (nSPS) is 28.7. The molecule has 1 aliphatic rings. The van der Waals surface area contributed by atoms with Gasteiger partial charge in [-0.1, -0.05) is 12.5 Å². The van der Waals surface area contributed by atoms with Crippen molar-refractivity contribution in [3.05, 3.63) is 17.5 Å². The molecule has 96 valence electrons. The second-order valence-corrected chi connectivity index (χ2v) is 7.07. The Morgan fingerprint density at radius 1 is 1.65 bits per heavy atom. The Morgan fingerprint density at radius 3 is 3.18 bits per heavy atom. The van der Waals surface area contributed by atoms with Crippen LogP contribution < -0.4 is 5.32 Å². The maximum Gasteiger partial charge on any atom is 0.0615 e. The van der Waals surface area contributed by atoms with E-state index in [4.69, 9.17) is 0 Å². The van der Waals surface area contributed by atoms with Gasteiger partial charge in [0, 0.05) is 5.54 Å². The molecule has 2 N–H and O–H groups in total. The number of hydrogen-bond donors (Lipinski definition) is 2. The third-order valence-electron chi connectivity index (χ3n) is 3.94. The summed E-state index contributed by atoms with van der Waals surface area (Å²) >= 11 is 3.76. The van der Waals surface area contributed by atoms with Gasteiger partial charge in [-0.25, -0.2) is 0 Å². The summed E-state index contributed by atoms with van der Waals surface area (Å²) < 4.78 is 1.40. The van der Waals surface area contributed by atoms with Crippen molar-refractivity contribution < 1.29 is 5.11 Å². The fourth-order valence-electron chi connectivity index (χ4n) is 2.83. The average molecular weight is 271 g/mol. The van der Waals surface area contributed by atoms with Crippen molar-refractivity contribution in [3.63, 3.8) is 0 Å². The maximum atomic E-state index is 9.60. The summed E-state index contributed by atoms with van der Waals surface area (Å²) in [6.07, 6.45) is 4.82. The van der Waals surface area contributed by atoms with Crippen LogP contribution in [-0.2, 0) is 0 Å². The van der Waals surface area contributed by atoms with E-state index in [2.05, 4.69) is 22.8 Å². The molecule has 17 heavy (non-hydrogen) atoms. The zero-order valence-corrected chi connectivity index (χ0v) is 11.9. The van der Waals surface area contributed by atoms with Crippen molar-refractivity contribution in [1.29, 1.82) is 0 Å². The van der Waals surface area contributed by atoms with Crippen LogP contribution in [0.5, 0.6) is 0 Å². The molecule has 1 aromatic rings. The molecular formula is C13H21NOS2. The predicted molar refractivity (Wildman–Crippen MR) is 75.9 cm³/mol. The zero-order chi connectivity index (χ0) is 12.1. The standard InChI is InChI=1S/C13H21NOS2/c1-14-13(10-15)7-2-4-11(13)6-9-17-12-5-3-8-16-12/h3,5,8,11,14-15H,2,4,6-7,9-10H2,1H3. The minimum Gasteiger partial charge on any atom is -0.394 e. The Balaban J connectivity index is 1.82. The number of hydrogen-bond acceptors (Lipinski definition) is 4. The average Bonchev–Trinajstić information content (AvgIpc) is 2.99. The fourth-order valence-corrected chi connectivity index (χ4v) is 4.74. The van der Waals surface area contributed by atoms with Gasteiger partial charge >= 0.3 is 0 Å². The summed E-state index contributed by atoms with van der Waals surface area (Å²) in [6.45, 7) is 0.276. The summed E-state index contributed by atoms with van der Waals surface area (Å²) in [5.74, 6) is 1.79. The summed E-state index contributed by atoms with van der Waals surface area (Å²) in [6, 6.07) is 4.29. The highest BCUT2D eigenvalue weighted by atomic mass is 32.2. The molecule has 1 aliphatic carbocycles. The Kier molecular flexibility index (Phi) is 4.91. The molecule has 0 saturated heterocycles. The minimum atomic E-state index is -0.00396. The monoisotopic (exact) mass is 271 g/mol. The molecule has 1 saturated carbocycles. The number of thioether (sulfide) groups is 1. The van der Waals surface area contributed by atoms with E-state index in [1.165, 1.54) is 23.5 Å². The third-order valence-corrected chi connectivity index (χ3v) is 6.11. The highest BCUT2D eigenvalue weighted by molar-refractivity contribution is 8.01. The molecule has 1 aromatic heterocycles. The summed E-state index contributed by atoms with van der Waals surface area (Å²) in [5, 5.41) is 15.1. The molecule has 0 radical (unpaired) electrons. The Bertz CT molecular complexity index is 322. The highest BCUT2D eigenvalue weighted by Crippen LogP contribution is 2.38. The summed E-state index contributed by atoms with van der Waals surface area (Å²) in [7, 11) is 1.99. The van der Waals surface area contributed by atoms with Crippen LogP contribution >= 0.6 is 23.1 Å². The van der Waals surface area contributed by atoms with Crippen molar-refractivity contribution in [2.45, 2.75) is 35.4 Å². The smallest absolute Gasteiger partial charge is 0.0615 e. The van der Waals surface area contributed by atoms with Crippen LogP contribution in [0.15, 0.2) is 21.7 Å². The van der Waals surface area contributed by atoms with E-state index in [-0.39, 0.29) is 12.1 Å². The quantitative estimate of drug-likeness (QED) is 0.780. The molecule has 1 fully saturated rings. The second-order valence-electron chi connectivity index (χ2n) is 4.72. The van der Waals surface area contributed by atoms with Gasteiger partial charge in [-0.15, -0.1) is 23.1 Å². The van der Waals surface area contributed by atoms with Crippen LogP contribution in [-0.4, -0.2) is 30.1 Å². The molecular weight excluding hydrogens is 250 g/mol. The molecule has 2 atom stereocenters. The van der Waals surface area contributed by atoms with E-state index in [9.17, 15) is 5.11 Å². The predicted octanol–water partition coefficient (Wildman–Crippen LogP) is 2.98. The molecule has 0 amide bonds. The molecule has 0 aliphatic heterocycles. The number of rotatable bonds is 6. The first-order valence-electron chi connectivity index (χ1n) is 6.27. The van der Waals surface area contributed by atoms with Gasteiger partial charge in [0.05, 0.1) is 10.8 Å². The first kappa shape index (κ1) is 13.4. The van der Waals surface area contributed by atoms with Crippen molar-refractivity contribution in [1.82, 2.24) is 5.32 Å². The van der Waals surface area contributed by atoms with Gasteiger partial charge in [0.15, 0.2) is 0 Å². The van der Waals surface area contributed by atoms with Gasteiger partial charge in [-0.05, 0) is 49.4 Å². The van der Waals surface area contributed by atoms with E-state index < -0.39 is 0 Å². The SMILES string of the molecule is CNC1(CO)CCCC1CCSc1cccs1. The third kappa shape index (κ3) is 3.05. The Hall–Kier alpha value is -0.0300. The molecule has 0 bridgehead atoms. The summed E-state index contributed by atoms with van der Waals surface area (Å²) in [5.41, 5.74) is -0.00396.